The molecule has 19 heavy (non-hydrogen) atoms. The van der Waals surface area contributed by atoms with Crippen molar-refractivity contribution in [2.45, 2.75) is 19.0 Å². The highest BCUT2D eigenvalue weighted by atomic mass is 15.2. The predicted molar refractivity (Wildman–Crippen MR) is 77.8 cm³/mol. The molecule has 0 saturated carbocycles. The standard InChI is InChI=1S/C16H21N3/c1-18-9-4-7-15(18)16(11-17)19-10-8-13-5-2-3-6-14(13)12-19/h2-7,9,16H,8,10-12,17H2,1H3/t16-/m0/s1. The summed E-state index contributed by atoms with van der Waals surface area (Å²) in [6, 6.07) is 13.3. The smallest absolute Gasteiger partial charge is 0.0627 e. The summed E-state index contributed by atoms with van der Waals surface area (Å²) >= 11 is 0. The molecule has 3 nitrogen and oxygen atoms in total. The molecule has 0 amide bonds. The first kappa shape index (κ1) is 12.5. The highest BCUT2D eigenvalue weighted by molar-refractivity contribution is 5.29. The molecule has 0 spiro atoms. The van der Waals surface area contributed by atoms with Crippen LogP contribution in [0.2, 0.25) is 0 Å². The molecule has 0 fully saturated rings. The van der Waals surface area contributed by atoms with Crippen LogP contribution in [0.3, 0.4) is 0 Å². The van der Waals surface area contributed by atoms with Gasteiger partial charge >= 0.3 is 0 Å². The van der Waals surface area contributed by atoms with Crippen molar-refractivity contribution in [3.8, 4) is 0 Å². The van der Waals surface area contributed by atoms with Gasteiger partial charge in [-0.1, -0.05) is 24.3 Å². The molecule has 1 aromatic heterocycles. The van der Waals surface area contributed by atoms with Gasteiger partial charge in [0.2, 0.25) is 0 Å². The van der Waals surface area contributed by atoms with Crippen LogP contribution in [0, 0.1) is 0 Å². The lowest BCUT2D eigenvalue weighted by Crippen LogP contribution is -2.38. The molecule has 2 N–H and O–H groups in total. The number of benzene rings is 1. The van der Waals surface area contributed by atoms with Crippen molar-refractivity contribution in [3.05, 3.63) is 59.4 Å². The van der Waals surface area contributed by atoms with Gasteiger partial charge in [-0.15, -0.1) is 0 Å². The van der Waals surface area contributed by atoms with Gasteiger partial charge < -0.3 is 10.3 Å². The summed E-state index contributed by atoms with van der Waals surface area (Å²) in [4.78, 5) is 2.50. The fraction of sp³-hybridized carbons (Fsp3) is 0.375. The van der Waals surface area contributed by atoms with E-state index in [-0.39, 0.29) is 0 Å². The van der Waals surface area contributed by atoms with Crippen LogP contribution in [-0.4, -0.2) is 22.6 Å². The number of rotatable bonds is 3. The first-order chi connectivity index (χ1) is 9.29. The molecule has 2 aromatic rings. The molecule has 3 heteroatoms. The van der Waals surface area contributed by atoms with Gasteiger partial charge in [0, 0.05) is 38.6 Å². The lowest BCUT2D eigenvalue weighted by Gasteiger charge is -2.35. The Morgan fingerprint density at radius 1 is 1.16 bits per heavy atom. The summed E-state index contributed by atoms with van der Waals surface area (Å²) in [6.45, 7) is 2.76. The molecule has 1 aliphatic heterocycles. The van der Waals surface area contributed by atoms with E-state index in [0.717, 1.165) is 19.5 Å². The Hall–Kier alpha value is -1.58. The zero-order chi connectivity index (χ0) is 13.2. The Labute approximate surface area is 114 Å². The molecule has 0 bridgehead atoms. The van der Waals surface area contributed by atoms with E-state index < -0.39 is 0 Å². The maximum atomic E-state index is 6.03. The van der Waals surface area contributed by atoms with Crippen molar-refractivity contribution < 1.29 is 0 Å². The summed E-state index contributed by atoms with van der Waals surface area (Å²) in [5.74, 6) is 0. The monoisotopic (exact) mass is 255 g/mol. The van der Waals surface area contributed by atoms with E-state index in [1.165, 1.54) is 16.8 Å². The van der Waals surface area contributed by atoms with Crippen LogP contribution in [0.25, 0.3) is 0 Å². The first-order valence-corrected chi connectivity index (χ1v) is 6.91. The number of fused-ring (bicyclic) bond motifs is 1. The molecule has 3 rings (SSSR count). The highest BCUT2D eigenvalue weighted by Crippen LogP contribution is 2.27. The van der Waals surface area contributed by atoms with Crippen LogP contribution < -0.4 is 5.73 Å². The third-order valence-corrected chi connectivity index (χ3v) is 4.15. The van der Waals surface area contributed by atoms with E-state index in [2.05, 4.69) is 59.1 Å². The number of nitrogens with two attached hydrogens (primary N) is 1. The summed E-state index contributed by atoms with van der Waals surface area (Å²) in [6.07, 6.45) is 3.22. The van der Waals surface area contributed by atoms with Crippen LogP contribution in [0.5, 0.6) is 0 Å². The van der Waals surface area contributed by atoms with Crippen molar-refractivity contribution in [2.24, 2.45) is 12.8 Å². The van der Waals surface area contributed by atoms with E-state index in [9.17, 15) is 0 Å². The normalized spacial score (nSPS) is 17.2. The van der Waals surface area contributed by atoms with E-state index in [0.29, 0.717) is 12.6 Å². The van der Waals surface area contributed by atoms with E-state index >= 15 is 0 Å². The lowest BCUT2D eigenvalue weighted by atomic mass is 9.98. The highest BCUT2D eigenvalue weighted by Gasteiger charge is 2.24. The molecule has 2 heterocycles. The molecular weight excluding hydrogens is 234 g/mol. The Morgan fingerprint density at radius 3 is 2.63 bits per heavy atom. The van der Waals surface area contributed by atoms with Crippen LogP contribution >= 0.6 is 0 Å². The molecule has 1 aliphatic rings. The number of hydrogen-bond acceptors (Lipinski definition) is 2. The fourth-order valence-electron chi connectivity index (χ4n) is 3.06. The molecule has 0 aliphatic carbocycles. The number of aryl methyl sites for hydroxylation is 1. The van der Waals surface area contributed by atoms with E-state index in [1.54, 1.807) is 0 Å². The second kappa shape index (κ2) is 5.19. The molecule has 1 atom stereocenters. The van der Waals surface area contributed by atoms with Crippen LogP contribution in [0.4, 0.5) is 0 Å². The van der Waals surface area contributed by atoms with Gasteiger partial charge in [-0.2, -0.15) is 0 Å². The van der Waals surface area contributed by atoms with Crippen molar-refractivity contribution in [1.29, 1.82) is 0 Å². The molecule has 0 saturated heterocycles. The minimum Gasteiger partial charge on any atom is -0.353 e. The average Bonchev–Trinajstić information content (AvgIpc) is 2.86. The molecule has 0 radical (unpaired) electrons. The van der Waals surface area contributed by atoms with Gasteiger partial charge in [0.1, 0.15) is 0 Å². The molecular formula is C16H21N3. The molecule has 100 valence electrons. The summed E-state index contributed by atoms with van der Waals surface area (Å²) in [5, 5.41) is 0. The maximum absolute atomic E-state index is 6.03. The van der Waals surface area contributed by atoms with Gasteiger partial charge in [-0.25, -0.2) is 0 Å². The zero-order valence-corrected chi connectivity index (χ0v) is 11.4. The van der Waals surface area contributed by atoms with E-state index in [1.807, 2.05) is 0 Å². The van der Waals surface area contributed by atoms with Crippen molar-refractivity contribution >= 4 is 0 Å². The molecule has 1 aromatic carbocycles. The Bertz CT molecular complexity index is 559. The van der Waals surface area contributed by atoms with Gasteiger partial charge in [-0.3, -0.25) is 4.90 Å². The van der Waals surface area contributed by atoms with Gasteiger partial charge in [0.15, 0.2) is 0 Å². The number of aromatic nitrogens is 1. The average molecular weight is 255 g/mol. The topological polar surface area (TPSA) is 34.2 Å². The SMILES string of the molecule is Cn1cccc1[C@H](CN)N1CCc2ccccc2C1. The van der Waals surface area contributed by atoms with Crippen molar-refractivity contribution in [3.63, 3.8) is 0 Å². The Morgan fingerprint density at radius 2 is 1.95 bits per heavy atom. The summed E-state index contributed by atoms with van der Waals surface area (Å²) < 4.78 is 2.18. The number of hydrogen-bond donors (Lipinski definition) is 1. The first-order valence-electron chi connectivity index (χ1n) is 6.91. The second-order valence-corrected chi connectivity index (χ2v) is 5.28. The van der Waals surface area contributed by atoms with Crippen LogP contribution in [0.1, 0.15) is 22.9 Å². The minimum absolute atomic E-state index is 0.313. The fourth-order valence-corrected chi connectivity index (χ4v) is 3.06. The maximum Gasteiger partial charge on any atom is 0.0627 e. The molecule has 0 unspecified atom stereocenters. The minimum atomic E-state index is 0.313. The second-order valence-electron chi connectivity index (χ2n) is 5.28. The third-order valence-electron chi connectivity index (χ3n) is 4.15. The van der Waals surface area contributed by atoms with Crippen molar-refractivity contribution in [1.82, 2.24) is 9.47 Å². The van der Waals surface area contributed by atoms with Crippen molar-refractivity contribution in [2.75, 3.05) is 13.1 Å². The summed E-state index contributed by atoms with van der Waals surface area (Å²) in [5.41, 5.74) is 10.3. The zero-order valence-electron chi connectivity index (χ0n) is 11.4. The quantitative estimate of drug-likeness (QED) is 0.911. The largest absolute Gasteiger partial charge is 0.353 e. The summed E-state index contributed by atoms with van der Waals surface area (Å²) in [7, 11) is 2.09. The third kappa shape index (κ3) is 2.31. The van der Waals surface area contributed by atoms with Crippen LogP contribution in [0.15, 0.2) is 42.6 Å². The number of nitrogens with zero attached hydrogens (tertiary/aromatic N) is 2. The van der Waals surface area contributed by atoms with E-state index in [4.69, 9.17) is 5.73 Å². The van der Waals surface area contributed by atoms with Gasteiger partial charge in [-0.05, 0) is 29.7 Å². The van der Waals surface area contributed by atoms with Gasteiger partial charge in [0.25, 0.3) is 0 Å². The Balaban J connectivity index is 1.85. The van der Waals surface area contributed by atoms with Gasteiger partial charge in [0.05, 0.1) is 6.04 Å². The lowest BCUT2D eigenvalue weighted by molar-refractivity contribution is 0.178. The predicted octanol–water partition coefficient (Wildman–Crippen LogP) is 2.08. The van der Waals surface area contributed by atoms with Crippen LogP contribution in [-0.2, 0) is 20.0 Å². The Kier molecular flexibility index (Phi) is 3.40.